The summed E-state index contributed by atoms with van der Waals surface area (Å²) in [5.41, 5.74) is 1.88. The van der Waals surface area contributed by atoms with Gasteiger partial charge in [0.25, 0.3) is 10.0 Å². The highest BCUT2D eigenvalue weighted by molar-refractivity contribution is 8.01. The summed E-state index contributed by atoms with van der Waals surface area (Å²) in [6.07, 6.45) is 1.83. The van der Waals surface area contributed by atoms with E-state index < -0.39 is 15.7 Å². The Kier molecular flexibility index (Phi) is 6.94. The molecule has 30 heavy (non-hydrogen) atoms. The number of hydrogen-bond donors (Lipinski definition) is 1. The number of imidazole rings is 1. The predicted octanol–water partition coefficient (Wildman–Crippen LogP) is 4.85. The molecule has 2 aliphatic rings. The van der Waals surface area contributed by atoms with Gasteiger partial charge < -0.3 is 0 Å². The van der Waals surface area contributed by atoms with Crippen molar-refractivity contribution in [2.24, 2.45) is 5.92 Å². The van der Waals surface area contributed by atoms with Crippen LogP contribution in [0.3, 0.4) is 0 Å². The van der Waals surface area contributed by atoms with Crippen molar-refractivity contribution in [2.75, 3.05) is 10.5 Å². The molecule has 3 rings (SSSR count). The van der Waals surface area contributed by atoms with Gasteiger partial charge in [-0.3, -0.25) is 9.29 Å². The summed E-state index contributed by atoms with van der Waals surface area (Å²) >= 11 is 3.27. The van der Waals surface area contributed by atoms with E-state index in [2.05, 4.69) is 30.5 Å². The lowest BCUT2D eigenvalue weighted by Gasteiger charge is -2.17. The van der Waals surface area contributed by atoms with Gasteiger partial charge in [-0.1, -0.05) is 44.9 Å². The maximum Gasteiger partial charge on any atom is 0.354 e. The van der Waals surface area contributed by atoms with Gasteiger partial charge in [-0.25, -0.2) is 13.2 Å². The van der Waals surface area contributed by atoms with Crippen LogP contribution in [0, 0.1) is 19.8 Å². The number of nitrogens with zero attached hydrogens (tertiary/aromatic N) is 2. The first-order valence-electron chi connectivity index (χ1n) is 9.91. The Morgan fingerprint density at radius 1 is 1.20 bits per heavy atom. The van der Waals surface area contributed by atoms with Crippen LogP contribution >= 0.6 is 23.1 Å². The lowest BCUT2D eigenvalue weighted by Crippen LogP contribution is -2.18. The van der Waals surface area contributed by atoms with E-state index in [-0.39, 0.29) is 10.7 Å². The molecule has 0 aromatic heterocycles. The van der Waals surface area contributed by atoms with E-state index in [4.69, 9.17) is 0 Å². The minimum atomic E-state index is -3.86. The number of benzene rings is 1. The Balaban J connectivity index is 2.13. The molecule has 0 atom stereocenters. The molecule has 0 saturated carbocycles. The van der Waals surface area contributed by atoms with Gasteiger partial charge >= 0.3 is 5.69 Å². The molecule has 1 aromatic carbocycles. The third kappa shape index (κ3) is 4.73. The van der Waals surface area contributed by atoms with Gasteiger partial charge in [-0.15, -0.1) is 23.1 Å². The summed E-state index contributed by atoms with van der Waals surface area (Å²) < 4.78 is 30.9. The lowest BCUT2D eigenvalue weighted by molar-refractivity contribution is 0.601. The fourth-order valence-corrected chi connectivity index (χ4v) is 6.65. The Labute approximate surface area is 186 Å². The minimum absolute atomic E-state index is 0.0919. The number of thioether (sulfide) groups is 1. The fourth-order valence-electron chi connectivity index (χ4n) is 3.03. The second-order valence-corrected chi connectivity index (χ2v) is 11.8. The van der Waals surface area contributed by atoms with Gasteiger partial charge in [0.2, 0.25) is 0 Å². The second-order valence-electron chi connectivity index (χ2n) is 7.70. The zero-order valence-electron chi connectivity index (χ0n) is 17.9. The molecular weight excluding hydrogens is 438 g/mol. The molecule has 1 N–H and O–H groups in total. The molecule has 0 saturated heterocycles. The van der Waals surface area contributed by atoms with Gasteiger partial charge in [0, 0.05) is 16.3 Å². The van der Waals surface area contributed by atoms with Crippen LogP contribution in [0.25, 0.3) is 5.69 Å². The Hall–Kier alpha value is -1.84. The Morgan fingerprint density at radius 3 is 2.47 bits per heavy atom. The zero-order chi connectivity index (χ0) is 22.1. The Bertz CT molecular complexity index is 1160. The first-order chi connectivity index (χ1) is 14.1. The van der Waals surface area contributed by atoms with E-state index in [1.807, 2.05) is 13.8 Å². The number of aromatic nitrogens is 2. The van der Waals surface area contributed by atoms with Crippen molar-refractivity contribution >= 4 is 38.9 Å². The molecule has 2 aliphatic heterocycles. The van der Waals surface area contributed by atoms with E-state index >= 15 is 0 Å². The van der Waals surface area contributed by atoms with Crippen LogP contribution in [0.2, 0.25) is 0 Å². The third-order valence-electron chi connectivity index (χ3n) is 4.58. The number of fused-ring (bicyclic) bond motifs is 1. The van der Waals surface area contributed by atoms with E-state index in [1.54, 1.807) is 51.9 Å². The van der Waals surface area contributed by atoms with Crippen LogP contribution in [0.5, 0.6) is 0 Å². The van der Waals surface area contributed by atoms with Gasteiger partial charge in [0.05, 0.1) is 9.10 Å². The molecule has 0 fully saturated rings. The molecular formula is C21H27N3O3S3. The number of hydrogen-bond acceptors (Lipinski definition) is 6. The average Bonchev–Trinajstić information content (AvgIpc) is 2.99. The van der Waals surface area contributed by atoms with Gasteiger partial charge in [-0.2, -0.15) is 4.98 Å². The number of sulfonamides is 1. The van der Waals surface area contributed by atoms with Crippen molar-refractivity contribution in [2.45, 2.75) is 56.6 Å². The molecule has 162 valence electrons. The van der Waals surface area contributed by atoms with Crippen LogP contribution in [0.15, 0.2) is 38.2 Å². The number of aryl methyl sites for hydroxylation is 2. The van der Waals surface area contributed by atoms with Crippen LogP contribution in [0.1, 0.15) is 43.3 Å². The standard InChI is InChI=1S/C21H27N3O3S3/c1-6-7-17-15(5)24-18(20(29-17)28-12-13(2)3)19(22-21(24)25)23-30(26,27)16-10-8-14(4)9-11-16/h8-11,13H,6-7,12H2,1-5H3,(H,22,23,25). The molecule has 9 heteroatoms. The molecule has 0 amide bonds. The fraction of sp³-hybridized carbons (Fsp3) is 0.429. The normalized spacial score (nSPS) is 12.1. The van der Waals surface area contributed by atoms with E-state index in [1.165, 1.54) is 0 Å². The molecule has 2 heterocycles. The minimum Gasteiger partial charge on any atom is -0.261 e. The molecule has 0 aliphatic carbocycles. The average molecular weight is 466 g/mol. The SMILES string of the molecule is CCCc1sc(SCC(C)C)c2c(NS(=O)(=O)c3ccc(C)cc3)nc(=O)n-2c1C. The summed E-state index contributed by atoms with van der Waals surface area (Å²) in [6, 6.07) is 6.59. The van der Waals surface area contributed by atoms with Crippen molar-refractivity contribution in [3.8, 4) is 5.69 Å². The predicted molar refractivity (Wildman–Crippen MR) is 125 cm³/mol. The molecule has 6 nitrogen and oxygen atoms in total. The Morgan fingerprint density at radius 2 is 1.87 bits per heavy atom. The number of anilines is 1. The smallest absolute Gasteiger partial charge is 0.261 e. The van der Waals surface area contributed by atoms with Crippen LogP contribution in [0.4, 0.5) is 5.82 Å². The molecule has 0 radical (unpaired) electrons. The van der Waals surface area contributed by atoms with Crippen molar-refractivity contribution in [3.63, 3.8) is 0 Å². The highest BCUT2D eigenvalue weighted by Gasteiger charge is 2.27. The first-order valence-corrected chi connectivity index (χ1v) is 13.2. The maximum absolute atomic E-state index is 12.9. The summed E-state index contributed by atoms with van der Waals surface area (Å²) in [5, 5.41) is 0. The maximum atomic E-state index is 12.9. The highest BCUT2D eigenvalue weighted by Crippen LogP contribution is 2.39. The summed E-state index contributed by atoms with van der Waals surface area (Å²) in [7, 11) is -3.86. The summed E-state index contributed by atoms with van der Waals surface area (Å²) in [4.78, 5) is 18.1. The molecule has 0 bridgehead atoms. The number of rotatable bonds is 8. The molecule has 0 unspecified atom stereocenters. The quantitative estimate of drug-likeness (QED) is 0.481. The van der Waals surface area contributed by atoms with Gasteiger partial charge in [0.1, 0.15) is 5.69 Å². The van der Waals surface area contributed by atoms with E-state index in [9.17, 15) is 13.2 Å². The van der Waals surface area contributed by atoms with Gasteiger partial charge in [0.15, 0.2) is 5.82 Å². The summed E-state index contributed by atoms with van der Waals surface area (Å²) in [6.45, 7) is 10.2. The lowest BCUT2D eigenvalue weighted by atomic mass is 10.2. The van der Waals surface area contributed by atoms with Gasteiger partial charge in [-0.05, 0) is 38.3 Å². The van der Waals surface area contributed by atoms with E-state index in [0.717, 1.165) is 38.9 Å². The third-order valence-corrected chi connectivity index (χ3v) is 8.95. The van der Waals surface area contributed by atoms with Crippen LogP contribution in [-0.2, 0) is 16.4 Å². The summed E-state index contributed by atoms with van der Waals surface area (Å²) in [5.74, 6) is 1.42. The van der Waals surface area contributed by atoms with Crippen molar-refractivity contribution in [1.29, 1.82) is 0 Å². The topological polar surface area (TPSA) is 81.1 Å². The largest absolute Gasteiger partial charge is 0.354 e. The van der Waals surface area contributed by atoms with Crippen molar-refractivity contribution in [1.82, 2.24) is 9.55 Å². The number of nitrogens with one attached hydrogen (secondary N) is 1. The second kappa shape index (κ2) is 9.11. The van der Waals surface area contributed by atoms with E-state index in [0.29, 0.717) is 11.6 Å². The van der Waals surface area contributed by atoms with Crippen LogP contribution < -0.4 is 10.4 Å². The molecule has 0 spiro atoms. The first kappa shape index (κ1) is 22.8. The van der Waals surface area contributed by atoms with Crippen LogP contribution in [-0.4, -0.2) is 23.7 Å². The monoisotopic (exact) mass is 465 g/mol. The van der Waals surface area contributed by atoms with Crippen molar-refractivity contribution in [3.05, 3.63) is 50.9 Å². The zero-order valence-corrected chi connectivity index (χ0v) is 20.3. The highest BCUT2D eigenvalue weighted by atomic mass is 32.2. The van der Waals surface area contributed by atoms with Crippen molar-refractivity contribution < 1.29 is 8.42 Å². The molecule has 1 aromatic rings.